The first kappa shape index (κ1) is 12.1. The van der Waals surface area contributed by atoms with Crippen LogP contribution in [0.3, 0.4) is 0 Å². The molecule has 0 radical (unpaired) electrons. The van der Waals surface area contributed by atoms with Crippen molar-refractivity contribution >= 4 is 0 Å². The number of benzene rings is 1. The Morgan fingerprint density at radius 2 is 2.11 bits per heavy atom. The van der Waals surface area contributed by atoms with Crippen molar-refractivity contribution in [2.24, 2.45) is 0 Å². The fraction of sp³-hybridized carbons (Fsp3) is 0.400. The predicted molar refractivity (Wildman–Crippen MR) is 73.7 cm³/mol. The van der Waals surface area contributed by atoms with Crippen LogP contribution in [0.1, 0.15) is 18.1 Å². The number of hydrogen-bond acceptors (Lipinski definition) is 2. The molecule has 0 N–H and O–H groups in total. The maximum atomic E-state index is 12.0. The molecule has 100 valence electrons. The van der Waals surface area contributed by atoms with E-state index in [1.807, 2.05) is 25.4 Å². The first-order valence-electron chi connectivity index (χ1n) is 6.69. The molecule has 1 aliphatic rings. The molecule has 1 aliphatic heterocycles. The quantitative estimate of drug-likeness (QED) is 0.844. The van der Waals surface area contributed by atoms with Gasteiger partial charge in [0.1, 0.15) is 11.9 Å². The molecular weight excluding hydrogens is 240 g/mol. The molecule has 1 aromatic carbocycles. The van der Waals surface area contributed by atoms with Gasteiger partial charge in [0.15, 0.2) is 0 Å². The van der Waals surface area contributed by atoms with E-state index in [1.165, 1.54) is 11.1 Å². The molecule has 3 rings (SSSR count). The van der Waals surface area contributed by atoms with Crippen LogP contribution in [0.5, 0.6) is 5.75 Å². The highest BCUT2D eigenvalue weighted by molar-refractivity contribution is 5.40. The average molecular weight is 258 g/mol. The lowest BCUT2D eigenvalue weighted by molar-refractivity contribution is 0.207. The molecule has 0 saturated carbocycles. The molecule has 0 saturated heterocycles. The van der Waals surface area contributed by atoms with Crippen molar-refractivity contribution in [1.29, 1.82) is 0 Å². The molecule has 2 aromatic rings. The number of aryl methyl sites for hydroxylation is 2. The zero-order valence-corrected chi connectivity index (χ0v) is 11.3. The molecule has 2 heterocycles. The van der Waals surface area contributed by atoms with Gasteiger partial charge in [-0.1, -0.05) is 17.7 Å². The minimum atomic E-state index is 0.0400. The largest absolute Gasteiger partial charge is 0.488 e. The van der Waals surface area contributed by atoms with Gasteiger partial charge in [-0.3, -0.25) is 9.13 Å². The molecule has 1 atom stereocenters. The summed E-state index contributed by atoms with van der Waals surface area (Å²) in [5, 5.41) is 0. The highest BCUT2D eigenvalue weighted by atomic mass is 16.5. The second-order valence-corrected chi connectivity index (χ2v) is 5.07. The molecular formula is C15H18N2O2. The maximum Gasteiger partial charge on any atom is 0.328 e. The van der Waals surface area contributed by atoms with E-state index in [1.54, 1.807) is 9.13 Å². The van der Waals surface area contributed by atoms with E-state index in [-0.39, 0.29) is 11.8 Å². The van der Waals surface area contributed by atoms with Gasteiger partial charge in [-0.25, -0.2) is 4.79 Å². The van der Waals surface area contributed by atoms with Gasteiger partial charge >= 0.3 is 5.69 Å². The van der Waals surface area contributed by atoms with Crippen LogP contribution in [0.4, 0.5) is 0 Å². The summed E-state index contributed by atoms with van der Waals surface area (Å²) >= 11 is 0. The SMILES string of the molecule is CCn1ccn(CC2Cc3cc(C)ccc3O2)c1=O. The van der Waals surface area contributed by atoms with Crippen molar-refractivity contribution < 1.29 is 4.74 Å². The third-order valence-electron chi connectivity index (χ3n) is 3.62. The molecule has 0 fully saturated rings. The zero-order valence-electron chi connectivity index (χ0n) is 11.3. The van der Waals surface area contributed by atoms with Gasteiger partial charge in [0.2, 0.25) is 0 Å². The van der Waals surface area contributed by atoms with Crippen molar-refractivity contribution in [3.63, 3.8) is 0 Å². The fourth-order valence-corrected chi connectivity index (χ4v) is 2.60. The fourth-order valence-electron chi connectivity index (χ4n) is 2.60. The van der Waals surface area contributed by atoms with Gasteiger partial charge in [0.25, 0.3) is 0 Å². The molecule has 19 heavy (non-hydrogen) atoms. The van der Waals surface area contributed by atoms with E-state index in [0.29, 0.717) is 13.1 Å². The van der Waals surface area contributed by atoms with E-state index in [2.05, 4.69) is 19.1 Å². The van der Waals surface area contributed by atoms with Crippen LogP contribution < -0.4 is 10.4 Å². The topological polar surface area (TPSA) is 36.2 Å². The number of fused-ring (bicyclic) bond motifs is 1. The highest BCUT2D eigenvalue weighted by Crippen LogP contribution is 2.29. The Hall–Kier alpha value is -1.97. The number of aromatic nitrogens is 2. The Bertz CT molecular complexity index is 654. The minimum absolute atomic E-state index is 0.0400. The molecule has 0 spiro atoms. The van der Waals surface area contributed by atoms with E-state index in [0.717, 1.165) is 12.2 Å². The van der Waals surface area contributed by atoms with Gasteiger partial charge < -0.3 is 4.74 Å². The lowest BCUT2D eigenvalue weighted by Gasteiger charge is -2.10. The molecule has 0 bridgehead atoms. The number of hydrogen-bond donors (Lipinski definition) is 0. The van der Waals surface area contributed by atoms with Crippen LogP contribution in [0, 0.1) is 6.92 Å². The van der Waals surface area contributed by atoms with E-state index >= 15 is 0 Å². The van der Waals surface area contributed by atoms with Crippen molar-refractivity contribution in [3.8, 4) is 5.75 Å². The normalized spacial score (nSPS) is 17.3. The first-order valence-corrected chi connectivity index (χ1v) is 6.69. The Morgan fingerprint density at radius 3 is 2.84 bits per heavy atom. The van der Waals surface area contributed by atoms with E-state index in [9.17, 15) is 4.79 Å². The molecule has 4 nitrogen and oxygen atoms in total. The summed E-state index contributed by atoms with van der Waals surface area (Å²) in [6, 6.07) is 6.24. The first-order chi connectivity index (χ1) is 9.17. The highest BCUT2D eigenvalue weighted by Gasteiger charge is 2.23. The van der Waals surface area contributed by atoms with Gasteiger partial charge in [0, 0.05) is 25.4 Å². The lowest BCUT2D eigenvalue weighted by Crippen LogP contribution is -2.30. The van der Waals surface area contributed by atoms with Gasteiger partial charge in [0.05, 0.1) is 6.54 Å². The molecule has 0 amide bonds. The number of imidazole rings is 1. The minimum Gasteiger partial charge on any atom is -0.488 e. The molecule has 1 unspecified atom stereocenters. The van der Waals surface area contributed by atoms with Crippen molar-refractivity contribution in [1.82, 2.24) is 9.13 Å². The Labute approximate surface area is 112 Å². The van der Waals surface area contributed by atoms with E-state index in [4.69, 9.17) is 4.74 Å². The van der Waals surface area contributed by atoms with Crippen LogP contribution in [0.15, 0.2) is 35.4 Å². The zero-order chi connectivity index (χ0) is 13.4. The van der Waals surface area contributed by atoms with Crippen molar-refractivity contribution in [2.45, 2.75) is 39.5 Å². The maximum absolute atomic E-state index is 12.0. The van der Waals surface area contributed by atoms with Gasteiger partial charge in [-0.2, -0.15) is 0 Å². The monoisotopic (exact) mass is 258 g/mol. The summed E-state index contributed by atoms with van der Waals surface area (Å²) in [5.41, 5.74) is 2.53. The number of rotatable bonds is 3. The summed E-state index contributed by atoms with van der Waals surface area (Å²) < 4.78 is 9.32. The molecule has 0 aliphatic carbocycles. The third kappa shape index (κ3) is 2.18. The number of nitrogens with zero attached hydrogens (tertiary/aromatic N) is 2. The second kappa shape index (κ2) is 4.61. The summed E-state index contributed by atoms with van der Waals surface area (Å²) in [6.45, 7) is 5.37. The Balaban J connectivity index is 1.77. The average Bonchev–Trinajstić information content (AvgIpc) is 2.93. The summed E-state index contributed by atoms with van der Waals surface area (Å²) in [6.07, 6.45) is 4.60. The third-order valence-corrected chi connectivity index (χ3v) is 3.62. The van der Waals surface area contributed by atoms with Crippen LogP contribution >= 0.6 is 0 Å². The lowest BCUT2D eigenvalue weighted by atomic mass is 10.1. The van der Waals surface area contributed by atoms with Gasteiger partial charge in [-0.05, 0) is 25.5 Å². The van der Waals surface area contributed by atoms with Crippen LogP contribution in [-0.2, 0) is 19.5 Å². The Kier molecular flexibility index (Phi) is 2.93. The smallest absolute Gasteiger partial charge is 0.328 e. The predicted octanol–water partition coefficient (Wildman–Crippen LogP) is 1.98. The van der Waals surface area contributed by atoms with Crippen LogP contribution in [0.25, 0.3) is 0 Å². The van der Waals surface area contributed by atoms with Crippen molar-refractivity contribution in [3.05, 3.63) is 52.2 Å². The summed E-state index contributed by atoms with van der Waals surface area (Å²) in [4.78, 5) is 12.0. The summed E-state index contributed by atoms with van der Waals surface area (Å²) in [5.74, 6) is 0.957. The molecule has 1 aromatic heterocycles. The molecule has 4 heteroatoms. The van der Waals surface area contributed by atoms with Crippen molar-refractivity contribution in [2.75, 3.05) is 0 Å². The standard InChI is InChI=1S/C15H18N2O2/c1-3-16-6-7-17(15(16)18)10-13-9-12-8-11(2)4-5-14(12)19-13/h4-8,13H,3,9-10H2,1-2H3. The van der Waals surface area contributed by atoms with Crippen LogP contribution in [0.2, 0.25) is 0 Å². The Morgan fingerprint density at radius 1 is 1.32 bits per heavy atom. The second-order valence-electron chi connectivity index (χ2n) is 5.07. The summed E-state index contributed by atoms with van der Waals surface area (Å²) in [7, 11) is 0. The van der Waals surface area contributed by atoms with Crippen LogP contribution in [-0.4, -0.2) is 15.2 Å². The van der Waals surface area contributed by atoms with E-state index < -0.39 is 0 Å². The number of ether oxygens (including phenoxy) is 1. The van der Waals surface area contributed by atoms with Gasteiger partial charge in [-0.15, -0.1) is 0 Å².